The Bertz CT molecular complexity index is 1600. The summed E-state index contributed by atoms with van der Waals surface area (Å²) in [6.07, 6.45) is 1.80. The molecule has 0 radical (unpaired) electrons. The smallest absolute Gasteiger partial charge is 0.253 e. The lowest BCUT2D eigenvalue weighted by Gasteiger charge is -2.32. The lowest BCUT2D eigenvalue weighted by atomic mass is 9.94. The topological polar surface area (TPSA) is 73.7 Å². The first-order valence-corrected chi connectivity index (χ1v) is 14.7. The molecule has 9 heteroatoms. The number of likely N-dealkylation sites (N-methyl/N-ethyl adjacent to an activating group) is 1. The van der Waals surface area contributed by atoms with E-state index in [0.717, 1.165) is 75.5 Å². The Labute approximate surface area is 246 Å². The van der Waals surface area contributed by atoms with Crippen molar-refractivity contribution < 1.29 is 9.18 Å². The predicted molar refractivity (Wildman–Crippen MR) is 164 cm³/mol. The fourth-order valence-electron chi connectivity index (χ4n) is 5.04. The van der Waals surface area contributed by atoms with Gasteiger partial charge in [0.25, 0.3) is 5.91 Å². The van der Waals surface area contributed by atoms with Gasteiger partial charge in [0.15, 0.2) is 0 Å². The molecule has 40 heavy (non-hydrogen) atoms. The summed E-state index contributed by atoms with van der Waals surface area (Å²) in [6, 6.07) is 20.3. The number of anilines is 2. The SMILES string of the molecule is CN1CCN(C(=O)c2ccc(Nc3ncc4c(n3)-c3ccc(CI)cc3C(c3cccc(F)c3)=NC4)cc2)CC1. The van der Waals surface area contributed by atoms with E-state index in [-0.39, 0.29) is 11.7 Å². The standard InChI is InChI=1S/C31H28FIN6O/c1-38-11-13-39(14-12-38)30(40)21-6-8-25(9-7-21)36-31-35-19-23-18-34-28(22-3-2-4-24(32)16-22)27-15-20(17-33)5-10-26(27)29(23)37-31/h2-10,15-16,19H,11-14,17-18H2,1H3,(H,35,36,37). The van der Waals surface area contributed by atoms with Crippen LogP contribution in [0.5, 0.6) is 0 Å². The number of hydrogen-bond donors (Lipinski definition) is 1. The molecule has 0 bridgehead atoms. The number of aliphatic imine (C=N–C) groups is 1. The third kappa shape index (κ3) is 5.48. The molecule has 4 aromatic rings. The van der Waals surface area contributed by atoms with Gasteiger partial charge in [0.05, 0.1) is 18.0 Å². The Morgan fingerprint density at radius 2 is 1.80 bits per heavy atom. The number of nitrogens with one attached hydrogen (secondary N) is 1. The van der Waals surface area contributed by atoms with Crippen LogP contribution in [-0.2, 0) is 11.0 Å². The second-order valence-electron chi connectivity index (χ2n) is 10.1. The van der Waals surface area contributed by atoms with Crippen molar-refractivity contribution in [1.82, 2.24) is 19.8 Å². The second-order valence-corrected chi connectivity index (χ2v) is 10.8. The lowest BCUT2D eigenvalue weighted by Crippen LogP contribution is -2.47. The highest BCUT2D eigenvalue weighted by Crippen LogP contribution is 2.33. The van der Waals surface area contributed by atoms with Crippen molar-refractivity contribution in [3.05, 3.63) is 107 Å². The summed E-state index contributed by atoms with van der Waals surface area (Å²) < 4.78 is 15.0. The van der Waals surface area contributed by atoms with Gasteiger partial charge in [0.1, 0.15) is 5.82 Å². The number of benzene rings is 3. The molecule has 0 spiro atoms. The van der Waals surface area contributed by atoms with E-state index in [4.69, 9.17) is 9.98 Å². The van der Waals surface area contributed by atoms with Crippen molar-refractivity contribution in [2.45, 2.75) is 11.0 Å². The van der Waals surface area contributed by atoms with Crippen LogP contribution in [0.4, 0.5) is 16.0 Å². The molecule has 3 aromatic carbocycles. The molecule has 1 saturated heterocycles. The number of carbonyl (C=O) groups is 1. The number of halogens is 2. The number of aromatic nitrogens is 2. The van der Waals surface area contributed by atoms with E-state index in [0.29, 0.717) is 18.1 Å². The van der Waals surface area contributed by atoms with Crippen LogP contribution in [0.25, 0.3) is 11.3 Å². The predicted octanol–water partition coefficient (Wildman–Crippen LogP) is 5.70. The molecular formula is C31H28FIN6O. The molecule has 2 aliphatic rings. The van der Waals surface area contributed by atoms with Crippen molar-refractivity contribution >= 4 is 45.8 Å². The Morgan fingerprint density at radius 3 is 2.55 bits per heavy atom. The van der Waals surface area contributed by atoms with Gasteiger partial charge in [-0.25, -0.2) is 14.4 Å². The number of nitrogens with zero attached hydrogens (tertiary/aromatic N) is 5. The summed E-state index contributed by atoms with van der Waals surface area (Å²) in [5.41, 5.74) is 7.65. The average molecular weight is 647 g/mol. The third-order valence-corrected chi connectivity index (χ3v) is 8.18. The van der Waals surface area contributed by atoms with E-state index in [1.807, 2.05) is 35.2 Å². The van der Waals surface area contributed by atoms with Gasteiger partial charge < -0.3 is 15.1 Å². The maximum atomic E-state index is 14.1. The summed E-state index contributed by atoms with van der Waals surface area (Å²) in [6.45, 7) is 3.64. The largest absolute Gasteiger partial charge is 0.336 e. The number of amides is 1. The van der Waals surface area contributed by atoms with Gasteiger partial charge >= 0.3 is 0 Å². The van der Waals surface area contributed by atoms with Crippen molar-refractivity contribution in [3.8, 4) is 11.3 Å². The summed E-state index contributed by atoms with van der Waals surface area (Å²) >= 11 is 2.34. The van der Waals surface area contributed by atoms with Crippen LogP contribution in [0.15, 0.2) is 77.9 Å². The van der Waals surface area contributed by atoms with Crippen LogP contribution in [0.1, 0.15) is 32.6 Å². The number of carbonyl (C=O) groups excluding carboxylic acids is 1. The molecule has 7 nitrogen and oxygen atoms in total. The van der Waals surface area contributed by atoms with E-state index in [9.17, 15) is 9.18 Å². The first-order valence-electron chi connectivity index (χ1n) is 13.2. The minimum Gasteiger partial charge on any atom is -0.336 e. The molecular weight excluding hydrogens is 618 g/mol. The molecule has 0 atom stereocenters. The fraction of sp³-hybridized carbons (Fsp3) is 0.226. The van der Waals surface area contributed by atoms with Crippen molar-refractivity contribution in [3.63, 3.8) is 0 Å². The monoisotopic (exact) mass is 646 g/mol. The van der Waals surface area contributed by atoms with Gasteiger partial charge in [-0.15, -0.1) is 0 Å². The molecule has 0 unspecified atom stereocenters. The zero-order valence-electron chi connectivity index (χ0n) is 22.1. The molecule has 3 heterocycles. The van der Waals surface area contributed by atoms with Gasteiger partial charge in [-0.2, -0.15) is 0 Å². The molecule has 202 valence electrons. The highest BCUT2D eigenvalue weighted by atomic mass is 127. The van der Waals surface area contributed by atoms with Crippen LogP contribution in [-0.4, -0.2) is 64.6 Å². The van der Waals surface area contributed by atoms with E-state index < -0.39 is 0 Å². The van der Waals surface area contributed by atoms with Crippen molar-refractivity contribution in [2.24, 2.45) is 4.99 Å². The highest BCUT2D eigenvalue weighted by molar-refractivity contribution is 14.1. The number of hydrogen-bond acceptors (Lipinski definition) is 6. The zero-order chi connectivity index (χ0) is 27.6. The van der Waals surface area contributed by atoms with Crippen LogP contribution in [0.2, 0.25) is 0 Å². The Hall–Kier alpha value is -3.70. The van der Waals surface area contributed by atoms with Gasteiger partial charge in [0, 0.05) is 70.3 Å². The number of rotatable bonds is 5. The van der Waals surface area contributed by atoms with Gasteiger partial charge in [-0.3, -0.25) is 9.79 Å². The maximum absolute atomic E-state index is 14.1. The maximum Gasteiger partial charge on any atom is 0.253 e. The van der Waals surface area contributed by atoms with Crippen molar-refractivity contribution in [1.29, 1.82) is 0 Å². The molecule has 0 aliphatic carbocycles. The van der Waals surface area contributed by atoms with Crippen LogP contribution < -0.4 is 5.32 Å². The fourth-order valence-corrected chi connectivity index (χ4v) is 5.52. The number of piperazine rings is 1. The van der Waals surface area contributed by atoms with Gasteiger partial charge in [-0.05, 0) is 55.1 Å². The van der Waals surface area contributed by atoms with Gasteiger partial charge in [-0.1, -0.05) is 46.9 Å². The molecule has 6 rings (SSSR count). The summed E-state index contributed by atoms with van der Waals surface area (Å²) in [5.74, 6) is 0.212. The molecule has 1 amide bonds. The normalized spacial score (nSPS) is 15.1. The third-order valence-electron chi connectivity index (χ3n) is 7.30. The first-order chi connectivity index (χ1) is 19.5. The molecule has 1 fully saturated rings. The van der Waals surface area contributed by atoms with E-state index in [1.165, 1.54) is 12.1 Å². The first kappa shape index (κ1) is 26.5. The van der Waals surface area contributed by atoms with E-state index in [1.54, 1.807) is 12.3 Å². The number of fused-ring (bicyclic) bond motifs is 3. The van der Waals surface area contributed by atoms with E-state index >= 15 is 0 Å². The zero-order valence-corrected chi connectivity index (χ0v) is 24.2. The molecule has 2 aliphatic heterocycles. The Balaban J connectivity index is 1.28. The minimum absolute atomic E-state index is 0.0533. The summed E-state index contributed by atoms with van der Waals surface area (Å²) in [4.78, 5) is 31.4. The molecule has 1 N–H and O–H groups in total. The van der Waals surface area contributed by atoms with Crippen LogP contribution >= 0.6 is 22.6 Å². The summed E-state index contributed by atoms with van der Waals surface area (Å²) in [5, 5.41) is 3.29. The van der Waals surface area contributed by atoms with E-state index in [2.05, 4.69) is 63.0 Å². The second kappa shape index (κ2) is 11.4. The number of alkyl halides is 1. The van der Waals surface area contributed by atoms with Gasteiger partial charge in [0.2, 0.25) is 5.95 Å². The van der Waals surface area contributed by atoms with Crippen LogP contribution in [0.3, 0.4) is 0 Å². The lowest BCUT2D eigenvalue weighted by molar-refractivity contribution is 0.0664. The van der Waals surface area contributed by atoms with Crippen LogP contribution in [0, 0.1) is 5.82 Å². The quantitative estimate of drug-likeness (QED) is 0.223. The highest BCUT2D eigenvalue weighted by Gasteiger charge is 2.23. The molecule has 1 aromatic heterocycles. The Kier molecular flexibility index (Phi) is 7.57. The van der Waals surface area contributed by atoms with Crippen molar-refractivity contribution in [2.75, 3.05) is 38.5 Å². The Morgan fingerprint density at radius 1 is 1.00 bits per heavy atom. The molecule has 0 saturated carbocycles. The minimum atomic E-state index is -0.295. The average Bonchev–Trinajstić information content (AvgIpc) is 3.14. The summed E-state index contributed by atoms with van der Waals surface area (Å²) in [7, 11) is 2.07.